The van der Waals surface area contributed by atoms with Gasteiger partial charge in [-0.2, -0.15) is 0 Å². The third-order valence-electron chi connectivity index (χ3n) is 20.3. The van der Waals surface area contributed by atoms with Crippen LogP contribution in [-0.4, -0.2) is 129 Å². The lowest BCUT2D eigenvalue weighted by Gasteiger charge is -2.54. The van der Waals surface area contributed by atoms with Crippen molar-refractivity contribution in [1.29, 1.82) is 0 Å². The van der Waals surface area contributed by atoms with Gasteiger partial charge in [0.15, 0.2) is 38.5 Å². The number of halogens is 1. The van der Waals surface area contributed by atoms with E-state index in [9.17, 15) is 0 Å². The maximum absolute atomic E-state index is 15.8. The maximum Gasteiger partial charge on any atom is 0.193 e. The molecule has 0 saturated carbocycles. The van der Waals surface area contributed by atoms with Gasteiger partial charge in [-0.1, -0.05) is 136 Å². The number of Topliss-reactive ketones (excluding diaryl/α,β-unsaturated/α-hetero) is 1. The first-order valence-corrected chi connectivity index (χ1v) is 39.3. The Bertz CT molecular complexity index is 2380. The third-order valence-corrected chi connectivity index (χ3v) is 31.8. The number of ketones is 1. The van der Waals surface area contributed by atoms with Gasteiger partial charge in [-0.05, 0) is 146 Å². The molecule has 6 aliphatic rings. The Morgan fingerprint density at radius 3 is 2.08 bits per heavy atom. The van der Waals surface area contributed by atoms with Gasteiger partial charge in [0.1, 0.15) is 11.4 Å². The van der Waals surface area contributed by atoms with Gasteiger partial charge in [0.2, 0.25) is 0 Å². The molecule has 0 aromatic heterocycles. The van der Waals surface area contributed by atoms with E-state index in [-0.39, 0.29) is 112 Å². The summed E-state index contributed by atoms with van der Waals surface area (Å²) in [6.45, 7) is 45.9. The normalized spacial score (nSPS) is 34.5. The summed E-state index contributed by atoms with van der Waals surface area (Å²) >= 11 is 2.29. The van der Waals surface area contributed by atoms with Gasteiger partial charge in [0.05, 0.1) is 85.3 Å². The molecule has 6 saturated heterocycles. The number of rotatable bonds is 23. The highest BCUT2D eigenvalue weighted by Gasteiger charge is 2.57. The molecule has 0 amide bonds. The molecule has 454 valence electrons. The maximum atomic E-state index is 15.8. The highest BCUT2D eigenvalue weighted by molar-refractivity contribution is 14.1. The van der Waals surface area contributed by atoms with Crippen LogP contribution in [0.5, 0.6) is 0 Å². The van der Waals surface area contributed by atoms with Gasteiger partial charge in [-0.25, -0.2) is 8.42 Å². The molecule has 18 atom stereocenters. The summed E-state index contributed by atoms with van der Waals surface area (Å²) in [5.41, 5.74) is 3.05. The van der Waals surface area contributed by atoms with Crippen molar-refractivity contribution in [2.45, 2.75) is 286 Å². The molecule has 1 aromatic carbocycles. The van der Waals surface area contributed by atoms with Gasteiger partial charge in [-0.3, -0.25) is 4.79 Å². The fourth-order valence-electron chi connectivity index (χ4n) is 12.8. The van der Waals surface area contributed by atoms with E-state index < -0.39 is 49.8 Å². The molecular weight excluding hydrogens is 1180 g/mol. The van der Waals surface area contributed by atoms with Crippen LogP contribution in [0.25, 0.3) is 0 Å². The van der Waals surface area contributed by atoms with E-state index in [1.54, 1.807) is 12.1 Å². The van der Waals surface area contributed by atoms with Crippen molar-refractivity contribution in [3.63, 3.8) is 0 Å². The van der Waals surface area contributed by atoms with Crippen molar-refractivity contribution in [3.8, 4) is 0 Å². The molecule has 16 heteroatoms. The Morgan fingerprint density at radius 1 is 0.812 bits per heavy atom. The summed E-state index contributed by atoms with van der Waals surface area (Å²) in [5.74, 6) is -0.833. The molecule has 0 spiro atoms. The predicted molar refractivity (Wildman–Crippen MR) is 333 cm³/mol. The minimum atomic E-state index is -4.25. The predicted octanol–water partition coefficient (Wildman–Crippen LogP) is 14.6. The average Bonchev–Trinajstić information content (AvgIpc) is 4.26. The van der Waals surface area contributed by atoms with E-state index in [0.717, 1.165) is 68.1 Å². The van der Waals surface area contributed by atoms with Crippen LogP contribution in [0.15, 0.2) is 63.6 Å². The number of ether oxygens (including phenoxy) is 7. The van der Waals surface area contributed by atoms with Crippen molar-refractivity contribution in [1.82, 2.24) is 0 Å². The van der Waals surface area contributed by atoms with Crippen LogP contribution in [-0.2, 0) is 56.6 Å². The summed E-state index contributed by atoms with van der Waals surface area (Å²) < 4.78 is 94.5. The lowest BCUT2D eigenvalue weighted by Crippen LogP contribution is -2.64. The van der Waals surface area contributed by atoms with Crippen LogP contribution in [0.4, 0.5) is 0 Å². The fraction of sp³-hybridized carbons (Fsp3) is 0.797. The largest absolute Gasteiger partial charge is 0.411 e. The van der Waals surface area contributed by atoms with Crippen LogP contribution in [0.3, 0.4) is 0 Å². The zero-order valence-corrected chi connectivity index (χ0v) is 56.9. The molecule has 0 N–H and O–H groups in total. The number of carbonyl (C=O) groups excluding carboxylic acids is 1. The van der Waals surface area contributed by atoms with E-state index in [2.05, 4.69) is 144 Å². The Hall–Kier alpha value is -1.14. The van der Waals surface area contributed by atoms with E-state index >= 15 is 13.2 Å². The van der Waals surface area contributed by atoms with Crippen LogP contribution in [0.1, 0.15) is 159 Å². The summed E-state index contributed by atoms with van der Waals surface area (Å²) in [5, 5.41) is -1.47. The lowest BCUT2D eigenvalue weighted by molar-refractivity contribution is -0.251. The van der Waals surface area contributed by atoms with Crippen LogP contribution < -0.4 is 0 Å². The topological polar surface area (TPSA) is 134 Å². The van der Waals surface area contributed by atoms with Crippen LogP contribution in [0, 0.1) is 36.5 Å². The number of benzene rings is 1. The fourth-order valence-corrected chi connectivity index (χ4v) is 18.0. The van der Waals surface area contributed by atoms with E-state index in [1.165, 1.54) is 0 Å². The first-order chi connectivity index (χ1) is 37.3. The number of hydrogen-bond donors (Lipinski definition) is 0. The molecular formula is C64H105IO12SSi2. The standard InChI is InChI=1S/C64H105IO12SSi2/c1-19-39(2)34-54-44(7)58(56(74-54)38-55-43(6)41(4)35-46(72-55)22-27-51-42(5)36-47(71-51)24-29-57-69-32-33-70-57)62(78(67,68)49-25-20-40(3)21-26-49)50(66)37-48-23-28-52-59(73-48)45(8)60(77-80(17,18)64(12,13)14)61(75-52)53(30-31-65)76-79(15,16)63(9,10)11/h20-21,25-26,30-31,39,41,44-48,51-62H,5-6,19,22-24,27-29,32-38H2,1-4,7-18H3/b31-30+/t39-,41-,44+,45+,46+,47+,48-,51+,52+,53+,54-,55-,56+,58-,59-,60+,61+,62?/m1/s1. The van der Waals surface area contributed by atoms with Crippen molar-refractivity contribution in [2.24, 2.45) is 29.6 Å². The van der Waals surface area contributed by atoms with Gasteiger partial charge in [-0.15, -0.1) is 0 Å². The van der Waals surface area contributed by atoms with Gasteiger partial charge < -0.3 is 42.0 Å². The van der Waals surface area contributed by atoms with E-state index in [4.69, 9.17) is 42.0 Å². The molecule has 80 heavy (non-hydrogen) atoms. The zero-order valence-electron chi connectivity index (χ0n) is 51.9. The summed E-state index contributed by atoms with van der Waals surface area (Å²) in [7, 11) is -8.90. The molecule has 6 aliphatic heterocycles. The number of sulfone groups is 1. The minimum absolute atomic E-state index is 0.0212. The second-order valence-electron chi connectivity index (χ2n) is 28.3. The average molecular weight is 1280 g/mol. The minimum Gasteiger partial charge on any atom is -0.411 e. The van der Waals surface area contributed by atoms with Crippen LogP contribution in [0.2, 0.25) is 36.3 Å². The molecule has 6 fully saturated rings. The molecule has 0 aliphatic carbocycles. The highest BCUT2D eigenvalue weighted by atomic mass is 127. The Labute approximate surface area is 500 Å². The first-order valence-electron chi connectivity index (χ1n) is 30.7. The van der Waals surface area contributed by atoms with E-state index in [1.807, 2.05) is 23.1 Å². The van der Waals surface area contributed by atoms with Crippen molar-refractivity contribution in [3.05, 3.63) is 64.3 Å². The number of hydrogen-bond acceptors (Lipinski definition) is 12. The van der Waals surface area contributed by atoms with Gasteiger partial charge in [0, 0.05) is 31.1 Å². The molecule has 1 aromatic rings. The first kappa shape index (κ1) is 66.4. The number of aryl methyl sites for hydroxylation is 1. The molecule has 7 rings (SSSR count). The van der Waals surface area contributed by atoms with Crippen molar-refractivity contribution < 1.29 is 55.2 Å². The van der Waals surface area contributed by atoms with Crippen molar-refractivity contribution in [2.75, 3.05) is 13.2 Å². The summed E-state index contributed by atoms with van der Waals surface area (Å²) in [4.78, 5) is 15.9. The lowest BCUT2D eigenvalue weighted by atomic mass is 9.78. The highest BCUT2D eigenvalue weighted by Crippen LogP contribution is 2.49. The second kappa shape index (κ2) is 27.3. The Morgan fingerprint density at radius 2 is 1.45 bits per heavy atom. The molecule has 12 nitrogen and oxygen atoms in total. The number of carbonyl (C=O) groups is 1. The Kier molecular flexibility index (Phi) is 22.6. The number of fused-ring (bicyclic) bond motifs is 1. The van der Waals surface area contributed by atoms with Gasteiger partial charge >= 0.3 is 0 Å². The zero-order chi connectivity index (χ0) is 58.9. The quantitative estimate of drug-likeness (QED) is 0.0586. The molecule has 1 unspecified atom stereocenters. The molecule has 0 radical (unpaired) electrons. The smallest absolute Gasteiger partial charge is 0.193 e. The summed E-state index contributed by atoms with van der Waals surface area (Å²) in [6, 6.07) is 6.97. The molecule has 6 heterocycles. The SMILES string of the molecule is C=C1C[C@H](CCC2OCCO2)O[C@H]1CC[C@H]1C[C@@H](C)C(=C)[C@@H](C[C@@H]2O[C@H](C[C@H](C)CC)[C@H](C)[C@H]2C(C(=O)C[C@H]2CC[C@@H]3O[C@@H]([C@H](/C=C/I)O[Si](C)(C)C(C)(C)C)[C@@H](O[Si](C)(C)C(C)(C)C)[C@@H](C)[C@H]3O2)S(=O)(=O)c2ccc(C)cc2)O1. The van der Waals surface area contributed by atoms with Crippen LogP contribution >= 0.6 is 22.6 Å². The molecule has 0 bridgehead atoms. The Balaban J connectivity index is 1.15. The second-order valence-corrected chi connectivity index (χ2v) is 40.6. The van der Waals surface area contributed by atoms with Crippen molar-refractivity contribution >= 4 is 54.8 Å². The summed E-state index contributed by atoms with van der Waals surface area (Å²) in [6.07, 6.45) is 6.74. The van der Waals surface area contributed by atoms with Gasteiger partial charge in [0.25, 0.3) is 0 Å². The van der Waals surface area contributed by atoms with E-state index in [0.29, 0.717) is 38.4 Å². The monoisotopic (exact) mass is 1280 g/mol. The third kappa shape index (κ3) is 15.7.